The molecule has 0 atom stereocenters. The second-order valence-electron chi connectivity index (χ2n) is 7.05. The highest BCUT2D eigenvalue weighted by molar-refractivity contribution is 5.75. The molecule has 1 aliphatic heterocycles. The molecule has 8 nitrogen and oxygen atoms in total. The molecule has 1 aliphatic rings. The van der Waals surface area contributed by atoms with Crippen LogP contribution < -0.4 is 16.1 Å². The molecule has 4 rings (SSSR count). The average Bonchev–Trinajstić information content (AvgIpc) is 3.12. The van der Waals surface area contributed by atoms with Gasteiger partial charge in [-0.05, 0) is 17.9 Å². The predicted molar refractivity (Wildman–Crippen MR) is 90.2 cm³/mol. The van der Waals surface area contributed by atoms with Gasteiger partial charge in [-0.25, -0.2) is 14.3 Å². The van der Waals surface area contributed by atoms with Crippen molar-refractivity contribution in [3.8, 4) is 11.3 Å². The molecule has 4 heterocycles. The third-order valence-electron chi connectivity index (χ3n) is 4.51. The van der Waals surface area contributed by atoms with Crippen LogP contribution in [0.1, 0.15) is 20.3 Å². The largest absolute Gasteiger partial charge is 0.354 e. The van der Waals surface area contributed by atoms with Gasteiger partial charge in [0.05, 0.1) is 11.8 Å². The number of hydrogen-bond acceptors (Lipinski definition) is 5. The zero-order valence-corrected chi connectivity index (χ0v) is 13.8. The van der Waals surface area contributed by atoms with Crippen molar-refractivity contribution in [2.45, 2.75) is 20.3 Å². The number of fused-ring (bicyclic) bond motifs is 1. The summed E-state index contributed by atoms with van der Waals surface area (Å²) in [5, 5.41) is 4.17. The van der Waals surface area contributed by atoms with Crippen molar-refractivity contribution in [1.82, 2.24) is 24.6 Å². The van der Waals surface area contributed by atoms with E-state index in [0.29, 0.717) is 11.3 Å². The van der Waals surface area contributed by atoms with Gasteiger partial charge in [-0.15, -0.1) is 0 Å². The van der Waals surface area contributed by atoms with Gasteiger partial charge in [-0.2, -0.15) is 9.49 Å². The predicted octanol–water partition coefficient (Wildman–Crippen LogP) is 1.15. The Hall–Kier alpha value is -2.97. The van der Waals surface area contributed by atoms with Gasteiger partial charge in [-0.3, -0.25) is 9.78 Å². The Labute approximate surface area is 141 Å². The number of H-pyrrole nitrogens is 2. The van der Waals surface area contributed by atoms with Gasteiger partial charge in [0, 0.05) is 19.3 Å². The molecular weight excluding hydrogens is 327 g/mol. The number of anilines is 1. The van der Waals surface area contributed by atoms with E-state index in [4.69, 9.17) is 0 Å². The highest BCUT2D eigenvalue weighted by Crippen LogP contribution is 2.34. The molecule has 9 heteroatoms. The van der Waals surface area contributed by atoms with Crippen molar-refractivity contribution in [1.29, 1.82) is 0 Å². The Balaban J connectivity index is 1.88. The first kappa shape index (κ1) is 15.6. The quantitative estimate of drug-likeness (QED) is 0.726. The van der Waals surface area contributed by atoms with Crippen molar-refractivity contribution < 1.29 is 4.39 Å². The summed E-state index contributed by atoms with van der Waals surface area (Å²) in [6, 6.07) is 1.61. The van der Waals surface area contributed by atoms with Gasteiger partial charge in [0.15, 0.2) is 5.82 Å². The summed E-state index contributed by atoms with van der Waals surface area (Å²) < 4.78 is 15.3. The van der Waals surface area contributed by atoms with Crippen LogP contribution >= 0.6 is 0 Å². The molecule has 0 unspecified atom stereocenters. The number of aromatic nitrogens is 5. The number of rotatable bonds is 2. The lowest BCUT2D eigenvalue weighted by Gasteiger charge is -2.21. The SMILES string of the molecule is CC1(C)CCN(c2ncc(F)n3nc(-c4c[nH]c(=O)[nH]c4=O)cc23)C1. The third-order valence-corrected chi connectivity index (χ3v) is 4.51. The van der Waals surface area contributed by atoms with Gasteiger partial charge in [0.1, 0.15) is 11.2 Å². The van der Waals surface area contributed by atoms with Crippen molar-refractivity contribution >= 4 is 11.3 Å². The fourth-order valence-corrected chi connectivity index (χ4v) is 3.21. The van der Waals surface area contributed by atoms with Crippen molar-refractivity contribution in [3.63, 3.8) is 0 Å². The maximum atomic E-state index is 14.2. The van der Waals surface area contributed by atoms with Crippen LogP contribution in [0.25, 0.3) is 16.8 Å². The maximum Gasteiger partial charge on any atom is 0.325 e. The van der Waals surface area contributed by atoms with E-state index in [-0.39, 0.29) is 16.7 Å². The van der Waals surface area contributed by atoms with Crippen LogP contribution in [0.4, 0.5) is 10.2 Å². The van der Waals surface area contributed by atoms with Crippen molar-refractivity contribution in [2.24, 2.45) is 5.41 Å². The molecule has 3 aromatic rings. The molecule has 1 fully saturated rings. The van der Waals surface area contributed by atoms with Gasteiger partial charge < -0.3 is 9.88 Å². The summed E-state index contributed by atoms with van der Waals surface area (Å²) in [4.78, 5) is 34.0. The average molecular weight is 344 g/mol. The minimum atomic E-state index is -0.621. The van der Waals surface area contributed by atoms with Gasteiger partial charge in [0.25, 0.3) is 5.56 Å². The molecule has 3 aromatic heterocycles. The van der Waals surface area contributed by atoms with Crippen molar-refractivity contribution in [2.75, 3.05) is 18.0 Å². The van der Waals surface area contributed by atoms with E-state index in [1.54, 1.807) is 6.07 Å². The van der Waals surface area contributed by atoms with Crippen molar-refractivity contribution in [3.05, 3.63) is 45.2 Å². The molecule has 0 bridgehead atoms. The molecule has 2 N–H and O–H groups in total. The Kier molecular flexibility index (Phi) is 3.28. The Morgan fingerprint density at radius 2 is 2.12 bits per heavy atom. The van der Waals surface area contributed by atoms with Crippen LogP contribution in [-0.2, 0) is 0 Å². The molecule has 0 amide bonds. The Morgan fingerprint density at radius 3 is 2.80 bits per heavy atom. The lowest BCUT2D eigenvalue weighted by atomic mass is 9.93. The van der Waals surface area contributed by atoms with E-state index >= 15 is 0 Å². The zero-order valence-electron chi connectivity index (χ0n) is 13.8. The van der Waals surface area contributed by atoms with Crippen LogP contribution in [0.3, 0.4) is 0 Å². The third kappa shape index (κ3) is 2.61. The number of nitrogens with zero attached hydrogens (tertiary/aromatic N) is 4. The van der Waals surface area contributed by atoms with Crippen LogP contribution in [-0.4, -0.2) is 37.7 Å². The molecule has 0 saturated carbocycles. The standard InChI is InChI=1S/C16H17FN6O2/c1-16(2)3-4-22(8-16)13-11-5-10(21-23(11)12(17)7-18-13)9-6-19-15(25)20-14(9)24/h5-7H,3-4,8H2,1-2H3,(H2,19,20,24,25). The molecule has 1 saturated heterocycles. The van der Waals surface area contributed by atoms with Crippen LogP contribution in [0.2, 0.25) is 0 Å². The number of nitrogens with one attached hydrogen (secondary N) is 2. The summed E-state index contributed by atoms with van der Waals surface area (Å²) in [6.45, 7) is 5.98. The number of halogens is 1. The lowest BCUT2D eigenvalue weighted by molar-refractivity contribution is 0.418. The zero-order chi connectivity index (χ0) is 17.8. The van der Waals surface area contributed by atoms with Gasteiger partial charge in [0.2, 0.25) is 5.95 Å². The molecule has 25 heavy (non-hydrogen) atoms. The highest BCUT2D eigenvalue weighted by Gasteiger charge is 2.31. The smallest absolute Gasteiger partial charge is 0.325 e. The van der Waals surface area contributed by atoms with Gasteiger partial charge >= 0.3 is 5.69 Å². The normalized spacial score (nSPS) is 16.7. The van der Waals surface area contributed by atoms with E-state index in [1.807, 2.05) is 0 Å². The second kappa shape index (κ2) is 5.27. The lowest BCUT2D eigenvalue weighted by Crippen LogP contribution is -2.24. The summed E-state index contributed by atoms with van der Waals surface area (Å²) in [5.41, 5.74) is -0.112. The van der Waals surface area contributed by atoms with E-state index in [2.05, 4.69) is 38.8 Å². The van der Waals surface area contributed by atoms with E-state index < -0.39 is 17.2 Å². The van der Waals surface area contributed by atoms with E-state index in [9.17, 15) is 14.0 Å². The summed E-state index contributed by atoms with van der Waals surface area (Å²) in [7, 11) is 0. The fourth-order valence-electron chi connectivity index (χ4n) is 3.21. The van der Waals surface area contributed by atoms with E-state index in [0.717, 1.165) is 30.2 Å². The second-order valence-corrected chi connectivity index (χ2v) is 7.05. The van der Waals surface area contributed by atoms with E-state index in [1.165, 1.54) is 6.20 Å². The van der Waals surface area contributed by atoms with Gasteiger partial charge in [-0.1, -0.05) is 13.8 Å². The molecule has 0 spiro atoms. The summed E-state index contributed by atoms with van der Waals surface area (Å²) in [5.74, 6) is 0.0101. The van der Waals surface area contributed by atoms with Crippen LogP contribution in [0.5, 0.6) is 0 Å². The van der Waals surface area contributed by atoms with Crippen LogP contribution in [0.15, 0.2) is 28.0 Å². The minimum absolute atomic E-state index is 0.159. The topological polar surface area (TPSA) is 99.2 Å². The first-order valence-corrected chi connectivity index (χ1v) is 7.96. The molecular formula is C16H17FN6O2. The molecule has 130 valence electrons. The number of aromatic amines is 2. The summed E-state index contributed by atoms with van der Waals surface area (Å²) in [6.07, 6.45) is 3.41. The summed E-state index contributed by atoms with van der Waals surface area (Å²) >= 11 is 0. The minimum Gasteiger partial charge on any atom is -0.354 e. The molecule has 0 aliphatic carbocycles. The molecule has 0 aromatic carbocycles. The fraction of sp³-hybridized carbons (Fsp3) is 0.375. The number of hydrogen-bond donors (Lipinski definition) is 2. The monoisotopic (exact) mass is 344 g/mol. The Bertz CT molecular complexity index is 1080. The highest BCUT2D eigenvalue weighted by atomic mass is 19.1. The molecule has 0 radical (unpaired) electrons. The maximum absolute atomic E-state index is 14.2. The first-order chi connectivity index (χ1) is 11.8. The Morgan fingerprint density at radius 1 is 1.32 bits per heavy atom. The van der Waals surface area contributed by atoms with Crippen LogP contribution in [0, 0.1) is 11.4 Å². The first-order valence-electron chi connectivity index (χ1n) is 7.96.